The Morgan fingerprint density at radius 1 is 1.46 bits per heavy atom. The van der Waals surface area contributed by atoms with Crippen LogP contribution in [0.25, 0.3) is 0 Å². The molecule has 13 heavy (non-hydrogen) atoms. The van der Waals surface area contributed by atoms with E-state index in [0.29, 0.717) is 0 Å². The number of halogens is 4. The maximum atomic E-state index is 12.2. The molecule has 1 rings (SSSR count). The smallest absolute Gasteiger partial charge is 0.326 e. The van der Waals surface area contributed by atoms with Gasteiger partial charge in [0.1, 0.15) is 5.69 Å². The van der Waals surface area contributed by atoms with Crippen LogP contribution >= 0.6 is 11.6 Å². The average Bonchev–Trinajstić information content (AvgIpc) is 2.02. The van der Waals surface area contributed by atoms with E-state index in [4.69, 9.17) is 17.3 Å². The second-order valence-electron chi connectivity index (χ2n) is 2.32. The highest BCUT2D eigenvalue weighted by atomic mass is 35.5. The summed E-state index contributed by atoms with van der Waals surface area (Å²) >= 11 is 5.52. The number of nitrogens with zero attached hydrogens (tertiary/aromatic N) is 1. The van der Waals surface area contributed by atoms with Crippen LogP contribution in [0.3, 0.4) is 0 Å². The third-order valence-electron chi connectivity index (χ3n) is 1.47. The highest BCUT2D eigenvalue weighted by Crippen LogP contribution is 2.32. The van der Waals surface area contributed by atoms with Crippen LogP contribution in [-0.4, -0.2) is 4.98 Å². The minimum absolute atomic E-state index is 0.00942. The molecule has 1 aromatic rings. The Kier molecular flexibility index (Phi) is 2.77. The summed E-state index contributed by atoms with van der Waals surface area (Å²) in [5, 5.41) is -0.00942. The molecule has 1 aromatic heterocycles. The summed E-state index contributed by atoms with van der Waals surface area (Å²) in [7, 11) is 0. The quantitative estimate of drug-likeness (QED) is 0.772. The molecule has 0 aliphatic heterocycles. The van der Waals surface area contributed by atoms with Gasteiger partial charge in [0.25, 0.3) is 0 Å². The molecular weight excluding hydrogens is 205 g/mol. The topological polar surface area (TPSA) is 38.9 Å². The molecule has 72 valence electrons. The second kappa shape index (κ2) is 3.51. The fraction of sp³-hybridized carbons (Fsp3) is 0.286. The lowest BCUT2D eigenvalue weighted by Crippen LogP contribution is -2.14. The van der Waals surface area contributed by atoms with Crippen molar-refractivity contribution >= 4 is 11.6 Å². The molecule has 0 atom stereocenters. The van der Waals surface area contributed by atoms with Crippen LogP contribution in [0.4, 0.5) is 13.2 Å². The van der Waals surface area contributed by atoms with Gasteiger partial charge in [0.05, 0.1) is 0 Å². The normalized spacial score (nSPS) is 11.8. The molecule has 2 nitrogen and oxygen atoms in total. The van der Waals surface area contributed by atoms with Crippen LogP contribution in [0.2, 0.25) is 5.02 Å². The van der Waals surface area contributed by atoms with Gasteiger partial charge >= 0.3 is 6.18 Å². The van der Waals surface area contributed by atoms with Crippen LogP contribution < -0.4 is 5.73 Å². The van der Waals surface area contributed by atoms with Gasteiger partial charge in [0.2, 0.25) is 0 Å². The number of alkyl halides is 3. The Morgan fingerprint density at radius 3 is 2.46 bits per heavy atom. The highest BCUT2D eigenvalue weighted by molar-refractivity contribution is 6.31. The predicted octanol–water partition coefficient (Wildman–Crippen LogP) is 2.21. The second-order valence-corrected chi connectivity index (χ2v) is 2.73. The number of hydrogen-bond donors (Lipinski definition) is 1. The van der Waals surface area contributed by atoms with E-state index in [1.807, 2.05) is 0 Å². The van der Waals surface area contributed by atoms with Crippen LogP contribution in [-0.2, 0) is 12.7 Å². The van der Waals surface area contributed by atoms with E-state index in [9.17, 15) is 13.2 Å². The van der Waals surface area contributed by atoms with Gasteiger partial charge in [-0.25, -0.2) is 0 Å². The zero-order valence-electron chi connectivity index (χ0n) is 6.40. The van der Waals surface area contributed by atoms with Crippen LogP contribution in [0.1, 0.15) is 11.3 Å². The Balaban J connectivity index is 3.29. The molecule has 0 radical (unpaired) electrons. The first-order valence-corrected chi connectivity index (χ1v) is 3.75. The van der Waals surface area contributed by atoms with Gasteiger partial charge in [0.15, 0.2) is 0 Å². The minimum Gasteiger partial charge on any atom is -0.326 e. The van der Waals surface area contributed by atoms with Gasteiger partial charge in [-0.05, 0) is 6.07 Å². The van der Waals surface area contributed by atoms with Gasteiger partial charge in [-0.15, -0.1) is 0 Å². The molecule has 0 bridgehead atoms. The zero-order chi connectivity index (χ0) is 10.1. The number of hydrogen-bond acceptors (Lipinski definition) is 2. The highest BCUT2D eigenvalue weighted by Gasteiger charge is 2.35. The lowest BCUT2D eigenvalue weighted by atomic mass is 10.2. The summed E-state index contributed by atoms with van der Waals surface area (Å²) in [6.07, 6.45) is -3.50. The van der Waals surface area contributed by atoms with E-state index < -0.39 is 11.9 Å². The van der Waals surface area contributed by atoms with Crippen molar-refractivity contribution in [3.63, 3.8) is 0 Å². The first kappa shape index (κ1) is 10.3. The molecule has 0 saturated carbocycles. The number of rotatable bonds is 1. The Morgan fingerprint density at radius 2 is 2.08 bits per heavy atom. The van der Waals surface area contributed by atoms with Crippen molar-refractivity contribution in [1.82, 2.24) is 4.98 Å². The zero-order valence-corrected chi connectivity index (χ0v) is 7.15. The van der Waals surface area contributed by atoms with Crippen molar-refractivity contribution in [2.24, 2.45) is 5.73 Å². The van der Waals surface area contributed by atoms with Gasteiger partial charge < -0.3 is 5.73 Å². The summed E-state index contributed by atoms with van der Waals surface area (Å²) in [5.74, 6) is 0. The molecule has 2 N–H and O–H groups in total. The largest absolute Gasteiger partial charge is 0.433 e. The summed E-state index contributed by atoms with van der Waals surface area (Å²) in [5.41, 5.74) is 3.94. The lowest BCUT2D eigenvalue weighted by Gasteiger charge is -2.10. The molecule has 6 heteroatoms. The summed E-state index contributed by atoms with van der Waals surface area (Å²) in [4.78, 5) is 3.19. The number of pyridine rings is 1. The molecule has 0 aromatic carbocycles. The van der Waals surface area contributed by atoms with Crippen molar-refractivity contribution in [2.75, 3.05) is 0 Å². The summed E-state index contributed by atoms with van der Waals surface area (Å²) in [6.45, 7) is -0.276. The molecule has 0 spiro atoms. The lowest BCUT2D eigenvalue weighted by molar-refractivity contribution is -0.141. The molecule has 0 saturated heterocycles. The van der Waals surface area contributed by atoms with Crippen molar-refractivity contribution in [3.05, 3.63) is 28.5 Å². The van der Waals surface area contributed by atoms with E-state index in [-0.39, 0.29) is 17.1 Å². The molecule has 1 heterocycles. The molecule has 0 aliphatic carbocycles. The van der Waals surface area contributed by atoms with E-state index in [0.717, 1.165) is 6.20 Å². The standard InChI is InChI=1S/C7H6ClF3N2/c8-5-1-2-13-6(4(5)3-12)7(9,10)11/h1-2H,3,12H2. The number of nitrogens with two attached hydrogens (primary N) is 1. The Bertz CT molecular complexity index is 311. The molecular formula is C7H6ClF3N2. The van der Waals surface area contributed by atoms with Crippen molar-refractivity contribution < 1.29 is 13.2 Å². The van der Waals surface area contributed by atoms with Gasteiger partial charge in [0, 0.05) is 23.3 Å². The summed E-state index contributed by atoms with van der Waals surface area (Å²) < 4.78 is 36.7. The molecule has 0 unspecified atom stereocenters. The van der Waals surface area contributed by atoms with Crippen LogP contribution in [0, 0.1) is 0 Å². The van der Waals surface area contributed by atoms with Crippen molar-refractivity contribution in [1.29, 1.82) is 0 Å². The summed E-state index contributed by atoms with van der Waals surface area (Å²) in [6, 6.07) is 1.28. The monoisotopic (exact) mass is 210 g/mol. The van der Waals surface area contributed by atoms with Crippen molar-refractivity contribution in [2.45, 2.75) is 12.7 Å². The van der Waals surface area contributed by atoms with E-state index in [1.165, 1.54) is 6.07 Å². The van der Waals surface area contributed by atoms with Gasteiger partial charge in [-0.3, -0.25) is 4.98 Å². The van der Waals surface area contributed by atoms with Crippen molar-refractivity contribution in [3.8, 4) is 0 Å². The Hall–Kier alpha value is -0.810. The van der Waals surface area contributed by atoms with E-state index in [1.54, 1.807) is 0 Å². The minimum atomic E-state index is -4.50. The third-order valence-corrected chi connectivity index (χ3v) is 1.83. The molecule has 0 fully saturated rings. The molecule has 0 aliphatic rings. The van der Waals surface area contributed by atoms with Crippen LogP contribution in [0.5, 0.6) is 0 Å². The maximum absolute atomic E-state index is 12.2. The first-order chi connectivity index (χ1) is 5.96. The maximum Gasteiger partial charge on any atom is 0.433 e. The van der Waals surface area contributed by atoms with E-state index >= 15 is 0 Å². The average molecular weight is 211 g/mol. The number of aromatic nitrogens is 1. The van der Waals surface area contributed by atoms with Crippen LogP contribution in [0.15, 0.2) is 12.3 Å². The fourth-order valence-electron chi connectivity index (χ4n) is 0.907. The van der Waals surface area contributed by atoms with E-state index in [2.05, 4.69) is 4.98 Å². The predicted molar refractivity (Wildman–Crippen MR) is 42.1 cm³/mol. The SMILES string of the molecule is NCc1c(Cl)ccnc1C(F)(F)F. The third kappa shape index (κ3) is 2.10. The fourth-order valence-corrected chi connectivity index (χ4v) is 1.13. The Labute approximate surface area is 77.5 Å². The van der Waals surface area contributed by atoms with Gasteiger partial charge in [-0.2, -0.15) is 13.2 Å². The first-order valence-electron chi connectivity index (χ1n) is 3.37. The van der Waals surface area contributed by atoms with Gasteiger partial charge in [-0.1, -0.05) is 11.6 Å². The molecule has 0 amide bonds.